The highest BCUT2D eigenvalue weighted by atomic mass is 32.1. The number of hydrogen-bond donors (Lipinski definition) is 4. The summed E-state index contributed by atoms with van der Waals surface area (Å²) in [5.41, 5.74) is 3.85. The number of fused-ring (bicyclic) bond motifs is 1. The van der Waals surface area contributed by atoms with Crippen LogP contribution in [0.1, 0.15) is 51.1 Å². The average molecular weight is 638 g/mol. The van der Waals surface area contributed by atoms with E-state index in [0.717, 1.165) is 61.7 Å². The molecule has 4 heterocycles. The highest BCUT2D eigenvalue weighted by Gasteiger charge is 2.41. The fraction of sp³-hybridized carbons (Fsp3) is 0.469. The number of ether oxygens (including phenoxy) is 1. The third kappa shape index (κ3) is 7.06. The molecule has 2 aromatic carbocycles. The summed E-state index contributed by atoms with van der Waals surface area (Å²) in [7, 11) is 0. The van der Waals surface area contributed by atoms with Crippen molar-refractivity contribution in [3.63, 3.8) is 0 Å². The minimum absolute atomic E-state index is 0.00742. The molecule has 10 nitrogen and oxygen atoms in total. The summed E-state index contributed by atoms with van der Waals surface area (Å²) in [6, 6.07) is 11.9. The predicted molar refractivity (Wildman–Crippen MR) is 173 cm³/mol. The summed E-state index contributed by atoms with van der Waals surface area (Å²) in [6.45, 7) is 7.76. The maximum Gasteiger partial charge on any atom is 0.305 e. The summed E-state index contributed by atoms with van der Waals surface area (Å²) in [5, 5.41) is 26.7. The van der Waals surface area contributed by atoms with Gasteiger partial charge < -0.3 is 35.1 Å². The van der Waals surface area contributed by atoms with E-state index in [-0.39, 0.29) is 22.1 Å². The minimum Gasteiger partial charge on any atom is -0.506 e. The van der Waals surface area contributed by atoms with Gasteiger partial charge in [-0.1, -0.05) is 41.7 Å². The van der Waals surface area contributed by atoms with Gasteiger partial charge in [-0.2, -0.15) is 0 Å². The number of aliphatic hydroxyl groups is 1. The molecule has 12 heteroatoms. The first-order chi connectivity index (χ1) is 21.3. The number of aromatic amines is 1. The van der Waals surface area contributed by atoms with E-state index >= 15 is 0 Å². The standard InChI is InChI=1S/C32H39N5O5S2/c1-21-34-25(19-43-21)30(40)37-16-17-42-32(20-37)10-14-36(15-11-32)13-9-23-4-2-22(3-5-23)8-12-33-18-27(39)24-6-7-26(38)28-29(24)44-31(41)35-28/h2-7,19,27,33,38-39H,8-18,20H2,1H3,(H,35,41)/t27-/m0/s1. The molecule has 2 saturated heterocycles. The third-order valence-electron chi connectivity index (χ3n) is 8.76. The zero-order valence-electron chi connectivity index (χ0n) is 24.9. The Hall–Kier alpha value is -3.13. The van der Waals surface area contributed by atoms with Gasteiger partial charge in [0.2, 0.25) is 0 Å². The number of phenolic OH excluding ortho intramolecular Hbond substituents is 1. The van der Waals surface area contributed by atoms with Crippen molar-refractivity contribution in [2.24, 2.45) is 0 Å². The summed E-state index contributed by atoms with van der Waals surface area (Å²) < 4.78 is 6.86. The second-order valence-corrected chi connectivity index (χ2v) is 13.8. The fourth-order valence-corrected chi connectivity index (χ4v) is 7.68. The zero-order valence-corrected chi connectivity index (χ0v) is 26.5. The second-order valence-electron chi connectivity index (χ2n) is 11.8. The molecule has 2 aliphatic rings. The first kappa shape index (κ1) is 30.9. The van der Waals surface area contributed by atoms with Gasteiger partial charge in [0.05, 0.1) is 34.6 Å². The van der Waals surface area contributed by atoms with Crippen LogP contribution in [0.2, 0.25) is 0 Å². The summed E-state index contributed by atoms with van der Waals surface area (Å²) >= 11 is 2.51. The maximum atomic E-state index is 13.0. The van der Waals surface area contributed by atoms with Crippen molar-refractivity contribution >= 4 is 38.8 Å². The van der Waals surface area contributed by atoms with Gasteiger partial charge in [-0.05, 0) is 56.3 Å². The Bertz CT molecular complexity index is 1640. The number of carbonyl (C=O) groups is 1. The van der Waals surface area contributed by atoms with E-state index in [1.165, 1.54) is 28.5 Å². The topological polar surface area (TPSA) is 131 Å². The summed E-state index contributed by atoms with van der Waals surface area (Å²) in [6.07, 6.45) is 2.90. The van der Waals surface area contributed by atoms with Crippen LogP contribution in [0.5, 0.6) is 5.75 Å². The average Bonchev–Trinajstić information content (AvgIpc) is 3.65. The lowest BCUT2D eigenvalue weighted by Crippen LogP contribution is -2.58. The quantitative estimate of drug-likeness (QED) is 0.195. The molecule has 2 fully saturated rings. The van der Waals surface area contributed by atoms with Crippen LogP contribution in [0, 0.1) is 6.92 Å². The van der Waals surface area contributed by atoms with Crippen molar-refractivity contribution in [3.8, 4) is 5.75 Å². The number of amides is 1. The van der Waals surface area contributed by atoms with Crippen LogP contribution >= 0.6 is 22.7 Å². The Labute approximate surface area is 264 Å². The molecule has 2 aromatic heterocycles. The lowest BCUT2D eigenvalue weighted by atomic mass is 9.89. The molecule has 2 aliphatic heterocycles. The third-order valence-corrected chi connectivity index (χ3v) is 10.5. The number of nitrogens with one attached hydrogen (secondary N) is 2. The number of phenols is 1. The molecule has 0 saturated carbocycles. The Kier molecular flexibility index (Phi) is 9.45. The number of nitrogens with zero attached hydrogens (tertiary/aromatic N) is 3. The SMILES string of the molecule is Cc1nc(C(=O)N2CCOC3(CCN(CCc4ccc(CCNC[C@H](O)c5ccc(O)c6[nH]c(=O)sc56)cc4)CC3)C2)cs1. The molecule has 0 unspecified atom stereocenters. The van der Waals surface area contributed by atoms with E-state index in [0.29, 0.717) is 54.3 Å². The molecule has 1 spiro atoms. The number of piperidine rings is 1. The van der Waals surface area contributed by atoms with Crippen molar-refractivity contribution < 1.29 is 19.7 Å². The number of aromatic hydroxyl groups is 1. The van der Waals surface area contributed by atoms with Gasteiger partial charge in [0.25, 0.3) is 5.91 Å². The molecular weight excluding hydrogens is 599 g/mol. The number of rotatable bonds is 10. The van der Waals surface area contributed by atoms with E-state index in [1.807, 2.05) is 17.2 Å². The zero-order chi connectivity index (χ0) is 30.7. The summed E-state index contributed by atoms with van der Waals surface area (Å²) in [4.78, 5) is 35.9. The molecule has 1 amide bonds. The number of carbonyl (C=O) groups excluding carboxylic acids is 1. The van der Waals surface area contributed by atoms with Gasteiger partial charge in [0.1, 0.15) is 17.0 Å². The van der Waals surface area contributed by atoms with Crippen molar-refractivity contribution in [1.82, 2.24) is 25.1 Å². The van der Waals surface area contributed by atoms with Crippen molar-refractivity contribution in [3.05, 3.63) is 78.8 Å². The van der Waals surface area contributed by atoms with Gasteiger partial charge in [0.15, 0.2) is 0 Å². The molecule has 4 aromatic rings. The van der Waals surface area contributed by atoms with E-state index in [4.69, 9.17) is 4.74 Å². The maximum absolute atomic E-state index is 13.0. The normalized spacial score (nSPS) is 17.8. The molecule has 4 N–H and O–H groups in total. The smallest absolute Gasteiger partial charge is 0.305 e. The van der Waals surface area contributed by atoms with Gasteiger partial charge in [0, 0.05) is 43.7 Å². The second kappa shape index (κ2) is 13.5. The molecule has 0 aliphatic carbocycles. The Morgan fingerprint density at radius 2 is 1.89 bits per heavy atom. The Balaban J connectivity index is 0.912. The number of benzene rings is 2. The minimum atomic E-state index is -0.782. The first-order valence-corrected chi connectivity index (χ1v) is 16.9. The Morgan fingerprint density at radius 1 is 1.14 bits per heavy atom. The van der Waals surface area contributed by atoms with Crippen LogP contribution in [0.15, 0.2) is 46.6 Å². The lowest BCUT2D eigenvalue weighted by molar-refractivity contribution is -0.127. The summed E-state index contributed by atoms with van der Waals surface area (Å²) in [5.74, 6) is 0.0249. The molecule has 234 valence electrons. The van der Waals surface area contributed by atoms with Crippen LogP contribution in [-0.4, -0.2) is 93.9 Å². The van der Waals surface area contributed by atoms with E-state index in [2.05, 4.69) is 44.5 Å². The number of H-pyrrole nitrogens is 1. The van der Waals surface area contributed by atoms with E-state index < -0.39 is 6.10 Å². The highest BCUT2D eigenvalue weighted by Crippen LogP contribution is 2.32. The Morgan fingerprint density at radius 3 is 2.61 bits per heavy atom. The lowest BCUT2D eigenvalue weighted by Gasteiger charge is -2.47. The fourth-order valence-electron chi connectivity index (χ4n) is 6.17. The van der Waals surface area contributed by atoms with Crippen molar-refractivity contribution in [2.45, 2.75) is 44.3 Å². The molecule has 6 rings (SSSR count). The van der Waals surface area contributed by atoms with E-state index in [1.54, 1.807) is 6.07 Å². The first-order valence-electron chi connectivity index (χ1n) is 15.2. The van der Waals surface area contributed by atoms with Crippen LogP contribution in [0.4, 0.5) is 0 Å². The van der Waals surface area contributed by atoms with Crippen LogP contribution in [0.3, 0.4) is 0 Å². The number of aliphatic hydroxyl groups excluding tert-OH is 1. The number of morpholine rings is 1. The molecule has 0 radical (unpaired) electrons. The van der Waals surface area contributed by atoms with Gasteiger partial charge >= 0.3 is 4.87 Å². The number of aryl methyl sites for hydroxylation is 1. The van der Waals surface area contributed by atoms with Gasteiger partial charge in [-0.25, -0.2) is 4.98 Å². The van der Waals surface area contributed by atoms with Crippen LogP contribution < -0.4 is 10.2 Å². The van der Waals surface area contributed by atoms with Gasteiger partial charge in [-0.3, -0.25) is 9.59 Å². The molecule has 1 atom stereocenters. The molecule has 0 bridgehead atoms. The van der Waals surface area contributed by atoms with Gasteiger partial charge in [-0.15, -0.1) is 11.3 Å². The van der Waals surface area contributed by atoms with Crippen LogP contribution in [-0.2, 0) is 17.6 Å². The molecular formula is C32H39N5O5S2. The number of aromatic nitrogens is 2. The monoisotopic (exact) mass is 637 g/mol. The highest BCUT2D eigenvalue weighted by molar-refractivity contribution is 7.16. The van der Waals surface area contributed by atoms with E-state index in [9.17, 15) is 19.8 Å². The van der Waals surface area contributed by atoms with Crippen molar-refractivity contribution in [1.29, 1.82) is 0 Å². The van der Waals surface area contributed by atoms with Crippen LogP contribution in [0.25, 0.3) is 10.2 Å². The molecule has 44 heavy (non-hydrogen) atoms. The van der Waals surface area contributed by atoms with Crippen molar-refractivity contribution in [2.75, 3.05) is 52.4 Å². The number of thiazole rings is 2. The number of likely N-dealkylation sites (tertiary alicyclic amines) is 1. The predicted octanol–water partition coefficient (Wildman–Crippen LogP) is 3.48. The largest absolute Gasteiger partial charge is 0.506 e. The number of hydrogen-bond acceptors (Lipinski definition) is 10.